The van der Waals surface area contributed by atoms with E-state index in [2.05, 4.69) is 10.3 Å². The molecule has 0 atom stereocenters. The van der Waals surface area contributed by atoms with Gasteiger partial charge in [0.15, 0.2) is 0 Å². The average Bonchev–Trinajstić information content (AvgIpc) is 2.98. The Labute approximate surface area is 156 Å². The SMILES string of the molecule is Cc1cccc(C(=O)Nc2sc([As]c3ccccc3)nc2C(N)=O)c1. The van der Waals surface area contributed by atoms with Crippen molar-refractivity contribution >= 4 is 52.1 Å². The van der Waals surface area contributed by atoms with Crippen molar-refractivity contribution in [2.24, 2.45) is 5.73 Å². The fourth-order valence-electron chi connectivity index (χ4n) is 2.18. The summed E-state index contributed by atoms with van der Waals surface area (Å²) in [6, 6.07) is 17.2. The van der Waals surface area contributed by atoms with Gasteiger partial charge in [-0.1, -0.05) is 0 Å². The van der Waals surface area contributed by atoms with Crippen molar-refractivity contribution < 1.29 is 9.59 Å². The van der Waals surface area contributed by atoms with Crippen LogP contribution in [0.3, 0.4) is 0 Å². The molecule has 5 nitrogen and oxygen atoms in total. The van der Waals surface area contributed by atoms with Crippen molar-refractivity contribution in [1.82, 2.24) is 4.98 Å². The molecule has 7 heteroatoms. The third-order valence-corrected chi connectivity index (χ3v) is 6.94. The van der Waals surface area contributed by atoms with E-state index in [1.165, 1.54) is 15.7 Å². The first-order chi connectivity index (χ1) is 12.0. The minimum atomic E-state index is -0.642. The molecule has 0 saturated heterocycles. The number of aryl methyl sites for hydroxylation is 1. The zero-order valence-corrected chi connectivity index (χ0v) is 16.1. The van der Waals surface area contributed by atoms with Gasteiger partial charge in [0, 0.05) is 0 Å². The fraction of sp³-hybridized carbons (Fsp3) is 0.0556. The van der Waals surface area contributed by atoms with Gasteiger partial charge >= 0.3 is 156 Å². The van der Waals surface area contributed by atoms with Gasteiger partial charge in [0.1, 0.15) is 0 Å². The van der Waals surface area contributed by atoms with Crippen LogP contribution in [-0.4, -0.2) is 32.6 Å². The number of nitrogens with two attached hydrogens (primary N) is 1. The summed E-state index contributed by atoms with van der Waals surface area (Å²) in [4.78, 5) is 28.5. The van der Waals surface area contributed by atoms with Crippen molar-refractivity contribution in [3.63, 3.8) is 0 Å². The van der Waals surface area contributed by atoms with Crippen molar-refractivity contribution in [2.45, 2.75) is 6.92 Å². The molecule has 1 aromatic heterocycles. The molecule has 0 aliphatic rings. The van der Waals surface area contributed by atoms with Crippen LogP contribution in [0.15, 0.2) is 54.6 Å². The maximum absolute atomic E-state index is 12.4. The van der Waals surface area contributed by atoms with Crippen LogP contribution in [0.5, 0.6) is 0 Å². The first kappa shape index (κ1) is 17.4. The molecule has 1 radical (unpaired) electrons. The quantitative estimate of drug-likeness (QED) is 0.623. The van der Waals surface area contributed by atoms with Crippen LogP contribution in [-0.2, 0) is 0 Å². The molecule has 1 heterocycles. The number of carbonyl (C=O) groups excluding carboxylic acids is 2. The topological polar surface area (TPSA) is 85.1 Å². The Morgan fingerprint density at radius 2 is 1.88 bits per heavy atom. The zero-order valence-electron chi connectivity index (χ0n) is 13.4. The second-order valence-corrected chi connectivity index (χ2v) is 9.41. The van der Waals surface area contributed by atoms with Crippen molar-refractivity contribution in [3.8, 4) is 0 Å². The molecule has 0 bridgehead atoms. The number of nitrogens with zero attached hydrogens (tertiary/aromatic N) is 1. The van der Waals surface area contributed by atoms with Crippen LogP contribution in [0.4, 0.5) is 5.00 Å². The molecular formula is C18H15AsN3O2S. The summed E-state index contributed by atoms with van der Waals surface area (Å²) >= 11 is 0.940. The van der Waals surface area contributed by atoms with Crippen molar-refractivity contribution in [3.05, 3.63) is 71.4 Å². The summed E-state index contributed by atoms with van der Waals surface area (Å²) in [5, 5.41) is 3.18. The molecule has 0 saturated carbocycles. The van der Waals surface area contributed by atoms with Gasteiger partial charge in [-0.05, 0) is 0 Å². The van der Waals surface area contributed by atoms with Gasteiger partial charge in [0.05, 0.1) is 0 Å². The number of benzene rings is 2. The predicted octanol–water partition coefficient (Wildman–Crippen LogP) is 1.46. The van der Waals surface area contributed by atoms with E-state index in [4.69, 9.17) is 5.73 Å². The summed E-state index contributed by atoms with van der Waals surface area (Å²) in [6.07, 6.45) is 0. The van der Waals surface area contributed by atoms with E-state index in [1.54, 1.807) is 12.1 Å². The second-order valence-electron chi connectivity index (χ2n) is 5.31. The molecule has 2 amide bonds. The number of carbonyl (C=O) groups is 2. The van der Waals surface area contributed by atoms with Gasteiger partial charge < -0.3 is 0 Å². The van der Waals surface area contributed by atoms with Crippen molar-refractivity contribution in [2.75, 3.05) is 5.32 Å². The number of nitrogens with one attached hydrogen (secondary N) is 1. The number of rotatable bonds is 5. The molecule has 0 unspecified atom stereocenters. The summed E-state index contributed by atoms with van der Waals surface area (Å²) < 4.78 is 1.98. The summed E-state index contributed by atoms with van der Waals surface area (Å²) in [5.41, 5.74) is 7.06. The van der Waals surface area contributed by atoms with Crippen LogP contribution in [0, 0.1) is 6.92 Å². The summed E-state index contributed by atoms with van der Waals surface area (Å²) in [7, 11) is 0. The number of hydrogen-bond acceptors (Lipinski definition) is 4. The molecule has 3 rings (SSSR count). The van der Waals surface area contributed by atoms with E-state index in [0.29, 0.717) is 10.6 Å². The number of primary amides is 1. The maximum atomic E-state index is 12.4. The summed E-state index contributed by atoms with van der Waals surface area (Å²) in [6.45, 7) is 1.92. The van der Waals surface area contributed by atoms with E-state index < -0.39 is 5.91 Å². The molecule has 0 spiro atoms. The van der Waals surface area contributed by atoms with E-state index >= 15 is 0 Å². The second kappa shape index (κ2) is 7.64. The molecule has 25 heavy (non-hydrogen) atoms. The molecule has 125 valence electrons. The standard InChI is InChI=1S/C18H15AsN3O2S/c1-11-6-5-7-12(10-11)16(24)22-17-14(15(20)23)21-18(25-17)19-13-8-3-2-4-9-13/h2-10H,1H3,(H2,20,23)(H,22,24). The van der Waals surface area contributed by atoms with E-state index in [9.17, 15) is 9.59 Å². The Morgan fingerprint density at radius 1 is 1.12 bits per heavy atom. The molecule has 0 aliphatic carbocycles. The van der Waals surface area contributed by atoms with Crippen molar-refractivity contribution in [1.29, 1.82) is 0 Å². The third-order valence-electron chi connectivity index (χ3n) is 3.34. The van der Waals surface area contributed by atoms with Crippen LogP contribution in [0.2, 0.25) is 0 Å². The molecule has 0 aliphatic heterocycles. The average molecular weight is 412 g/mol. The van der Waals surface area contributed by atoms with Gasteiger partial charge in [-0.2, -0.15) is 0 Å². The number of aromatic nitrogens is 1. The van der Waals surface area contributed by atoms with Gasteiger partial charge in [-0.25, -0.2) is 0 Å². The molecule has 0 fully saturated rings. The first-order valence-corrected chi connectivity index (χ1v) is 10.2. The number of thiazole rings is 1. The molecular weight excluding hydrogens is 397 g/mol. The number of hydrogen-bond donors (Lipinski definition) is 2. The van der Waals surface area contributed by atoms with Crippen LogP contribution >= 0.6 is 11.3 Å². The Kier molecular flexibility index (Phi) is 5.31. The Bertz CT molecular complexity index is 925. The van der Waals surface area contributed by atoms with E-state index in [-0.39, 0.29) is 27.4 Å². The normalized spacial score (nSPS) is 10.9. The summed E-state index contributed by atoms with van der Waals surface area (Å²) in [5.74, 6) is -0.923. The van der Waals surface area contributed by atoms with E-state index in [0.717, 1.165) is 9.36 Å². The Balaban J connectivity index is 1.85. The fourth-order valence-corrected chi connectivity index (χ4v) is 5.80. The predicted molar refractivity (Wildman–Crippen MR) is 101 cm³/mol. The van der Waals surface area contributed by atoms with Crippen LogP contribution in [0.25, 0.3) is 0 Å². The monoisotopic (exact) mass is 412 g/mol. The molecule has 3 N–H and O–H groups in total. The molecule has 3 aromatic rings. The third kappa shape index (κ3) is 4.35. The Hall–Kier alpha value is -2.43. The number of amides is 2. The minimum absolute atomic E-state index is 0.118. The van der Waals surface area contributed by atoms with Gasteiger partial charge in [-0.3, -0.25) is 0 Å². The van der Waals surface area contributed by atoms with Gasteiger partial charge in [-0.15, -0.1) is 0 Å². The van der Waals surface area contributed by atoms with Crippen LogP contribution in [0.1, 0.15) is 26.4 Å². The van der Waals surface area contributed by atoms with Crippen LogP contribution < -0.4 is 19.2 Å². The van der Waals surface area contributed by atoms with Gasteiger partial charge in [0.2, 0.25) is 0 Å². The first-order valence-electron chi connectivity index (χ1n) is 7.48. The number of anilines is 1. The molecule has 2 aromatic carbocycles. The van der Waals surface area contributed by atoms with E-state index in [1.807, 2.05) is 49.4 Å². The van der Waals surface area contributed by atoms with Gasteiger partial charge in [0.25, 0.3) is 0 Å². The Morgan fingerprint density at radius 3 is 2.56 bits per heavy atom. The zero-order chi connectivity index (χ0) is 17.8.